The second-order valence-electron chi connectivity index (χ2n) is 8.43. The van der Waals surface area contributed by atoms with E-state index in [1.165, 1.54) is 12.1 Å². The van der Waals surface area contributed by atoms with Gasteiger partial charge in [0.05, 0.1) is 12.5 Å². The third kappa shape index (κ3) is 4.17. The van der Waals surface area contributed by atoms with Gasteiger partial charge in [0.25, 0.3) is 0 Å². The predicted octanol–water partition coefficient (Wildman–Crippen LogP) is 4.12. The van der Waals surface area contributed by atoms with Crippen LogP contribution in [0.25, 0.3) is 10.9 Å². The second-order valence-corrected chi connectivity index (χ2v) is 8.43. The van der Waals surface area contributed by atoms with Crippen molar-refractivity contribution in [2.45, 2.75) is 37.6 Å². The van der Waals surface area contributed by atoms with Crippen LogP contribution in [0.3, 0.4) is 0 Å². The van der Waals surface area contributed by atoms with Gasteiger partial charge in [-0.1, -0.05) is 12.1 Å². The average molecular weight is 425 g/mol. The maximum atomic E-state index is 13.9. The normalized spacial score (nSPS) is 16.8. The third-order valence-corrected chi connectivity index (χ3v) is 6.34. The van der Waals surface area contributed by atoms with Crippen LogP contribution in [-0.2, 0) is 28.4 Å². The molecule has 1 fully saturated rings. The molecule has 1 aliphatic heterocycles. The highest BCUT2D eigenvalue weighted by Gasteiger charge is 2.42. The minimum Gasteiger partial charge on any atom is -0.497 e. The van der Waals surface area contributed by atoms with E-state index in [1.54, 1.807) is 13.2 Å². The Bertz CT molecular complexity index is 1090. The van der Waals surface area contributed by atoms with Crippen molar-refractivity contribution in [2.24, 2.45) is 7.05 Å². The van der Waals surface area contributed by atoms with Gasteiger partial charge in [0.2, 0.25) is 5.91 Å². The number of methoxy groups -OCH3 is 1. The molecule has 0 saturated carbocycles. The number of nitrogens with one attached hydrogen (secondary N) is 1. The molecule has 4 rings (SSSR count). The lowest BCUT2D eigenvalue weighted by Crippen LogP contribution is -2.50. The average Bonchev–Trinajstić information content (AvgIpc) is 3.08. The Hall–Kier alpha value is -2.86. The molecule has 1 amide bonds. The quantitative estimate of drug-likeness (QED) is 0.648. The van der Waals surface area contributed by atoms with E-state index in [9.17, 15) is 9.18 Å². The van der Waals surface area contributed by atoms with Gasteiger partial charge in [-0.3, -0.25) is 4.79 Å². The predicted molar refractivity (Wildman–Crippen MR) is 119 cm³/mol. The third-order valence-electron chi connectivity index (χ3n) is 6.34. The molecule has 3 aromatic rings. The zero-order valence-corrected chi connectivity index (χ0v) is 18.3. The number of carbonyl (C=O) groups is 1. The highest BCUT2D eigenvalue weighted by Crippen LogP contribution is 2.36. The molecule has 0 spiro atoms. The van der Waals surface area contributed by atoms with E-state index in [1.807, 2.05) is 38.2 Å². The fraction of sp³-hybridized carbons (Fsp3) is 0.400. The van der Waals surface area contributed by atoms with Crippen LogP contribution in [0.4, 0.5) is 4.39 Å². The Balaban J connectivity index is 1.57. The van der Waals surface area contributed by atoms with E-state index in [-0.39, 0.29) is 17.8 Å². The molecule has 6 heteroatoms. The second kappa shape index (κ2) is 8.71. The summed E-state index contributed by atoms with van der Waals surface area (Å²) in [6.07, 6.45) is 3.87. The highest BCUT2D eigenvalue weighted by molar-refractivity contribution is 5.89. The molecule has 1 atom stereocenters. The first-order valence-electron chi connectivity index (χ1n) is 10.7. The molecule has 1 saturated heterocycles. The summed E-state index contributed by atoms with van der Waals surface area (Å²) in [7, 11) is 3.68. The number of ether oxygens (including phenoxy) is 2. The molecule has 31 heavy (non-hydrogen) atoms. The van der Waals surface area contributed by atoms with Crippen LogP contribution in [0.1, 0.15) is 30.9 Å². The first-order valence-corrected chi connectivity index (χ1v) is 10.7. The van der Waals surface area contributed by atoms with Gasteiger partial charge in [-0.2, -0.15) is 0 Å². The number of fused-ring (bicyclic) bond motifs is 1. The van der Waals surface area contributed by atoms with Gasteiger partial charge in [-0.05, 0) is 67.6 Å². The Kier molecular flexibility index (Phi) is 6.01. The van der Waals surface area contributed by atoms with Crippen LogP contribution in [0, 0.1) is 5.82 Å². The van der Waals surface area contributed by atoms with Crippen molar-refractivity contribution < 1.29 is 18.7 Å². The Morgan fingerprint density at radius 2 is 2.03 bits per heavy atom. The summed E-state index contributed by atoms with van der Waals surface area (Å²) in [6, 6.07) is 12.3. The standard InChI is InChI=1S/C25H29FN2O3/c1-17(13-18-16-28(2)23-8-7-21(30-3)15-22(18)23)27-24(29)25(9-11-31-12-10-25)19-5-4-6-20(26)14-19/h4-8,14-17H,9-13H2,1-3H3,(H,27,29)/t17-/m0/s1. The van der Waals surface area contributed by atoms with Crippen LogP contribution in [0.5, 0.6) is 5.75 Å². The first kappa shape index (κ1) is 21.4. The van der Waals surface area contributed by atoms with Crippen molar-refractivity contribution in [3.05, 3.63) is 65.6 Å². The summed E-state index contributed by atoms with van der Waals surface area (Å²) >= 11 is 0. The number of benzene rings is 2. The van der Waals surface area contributed by atoms with Crippen molar-refractivity contribution in [1.82, 2.24) is 9.88 Å². The Labute approximate surface area is 182 Å². The number of rotatable bonds is 6. The zero-order valence-electron chi connectivity index (χ0n) is 18.3. The summed E-state index contributed by atoms with van der Waals surface area (Å²) in [4.78, 5) is 13.5. The Morgan fingerprint density at radius 3 is 2.74 bits per heavy atom. The van der Waals surface area contributed by atoms with E-state index in [4.69, 9.17) is 9.47 Å². The molecule has 1 N–H and O–H groups in total. The maximum absolute atomic E-state index is 13.9. The lowest BCUT2D eigenvalue weighted by Gasteiger charge is -2.37. The number of hydrogen-bond donors (Lipinski definition) is 1. The van der Waals surface area contributed by atoms with Crippen LogP contribution < -0.4 is 10.1 Å². The Morgan fingerprint density at radius 1 is 1.26 bits per heavy atom. The number of carbonyl (C=O) groups excluding carboxylic acids is 1. The summed E-state index contributed by atoms with van der Waals surface area (Å²) < 4.78 is 26.9. The van der Waals surface area contributed by atoms with Crippen molar-refractivity contribution >= 4 is 16.8 Å². The molecule has 0 unspecified atom stereocenters. The summed E-state index contributed by atoms with van der Waals surface area (Å²) in [5.74, 6) is 0.421. The van der Waals surface area contributed by atoms with E-state index >= 15 is 0 Å². The van der Waals surface area contributed by atoms with Gasteiger partial charge < -0.3 is 19.4 Å². The largest absolute Gasteiger partial charge is 0.497 e. The van der Waals surface area contributed by atoms with Crippen LogP contribution >= 0.6 is 0 Å². The van der Waals surface area contributed by atoms with Crippen molar-refractivity contribution in [3.63, 3.8) is 0 Å². The van der Waals surface area contributed by atoms with E-state index in [0.717, 1.165) is 27.8 Å². The number of hydrogen-bond acceptors (Lipinski definition) is 3. The molecule has 5 nitrogen and oxygen atoms in total. The van der Waals surface area contributed by atoms with E-state index < -0.39 is 5.41 Å². The molecule has 0 bridgehead atoms. The minimum absolute atomic E-state index is 0.0632. The van der Waals surface area contributed by atoms with Gasteiger partial charge >= 0.3 is 0 Å². The monoisotopic (exact) mass is 424 g/mol. The molecule has 1 aliphatic rings. The molecule has 0 aliphatic carbocycles. The maximum Gasteiger partial charge on any atom is 0.231 e. The summed E-state index contributed by atoms with van der Waals surface area (Å²) in [6.45, 7) is 2.98. The molecular weight excluding hydrogens is 395 g/mol. The SMILES string of the molecule is COc1ccc2c(c1)c(C[C@H](C)NC(=O)C1(c3cccc(F)c3)CCOCC1)cn2C. The smallest absolute Gasteiger partial charge is 0.231 e. The van der Waals surface area contributed by atoms with Gasteiger partial charge in [0.15, 0.2) is 0 Å². The highest BCUT2D eigenvalue weighted by atomic mass is 19.1. The van der Waals surface area contributed by atoms with Crippen molar-refractivity contribution in [3.8, 4) is 5.75 Å². The van der Waals surface area contributed by atoms with E-state index in [0.29, 0.717) is 32.5 Å². The molecular formula is C25H29FN2O3. The van der Waals surface area contributed by atoms with Crippen LogP contribution in [0.15, 0.2) is 48.7 Å². The lowest BCUT2D eigenvalue weighted by atomic mass is 9.73. The number of aryl methyl sites for hydroxylation is 1. The van der Waals surface area contributed by atoms with Crippen LogP contribution in [-0.4, -0.2) is 36.8 Å². The fourth-order valence-corrected chi connectivity index (χ4v) is 4.64. The number of nitrogens with zero attached hydrogens (tertiary/aromatic N) is 1. The molecule has 2 aromatic carbocycles. The van der Waals surface area contributed by atoms with Gasteiger partial charge in [0.1, 0.15) is 11.6 Å². The number of amides is 1. The molecule has 0 radical (unpaired) electrons. The topological polar surface area (TPSA) is 52.5 Å². The zero-order chi connectivity index (χ0) is 22.0. The number of aromatic nitrogens is 1. The van der Waals surface area contributed by atoms with Crippen LogP contribution in [0.2, 0.25) is 0 Å². The molecule has 2 heterocycles. The molecule has 164 valence electrons. The lowest BCUT2D eigenvalue weighted by molar-refractivity contribution is -0.131. The first-order chi connectivity index (χ1) is 14.9. The van der Waals surface area contributed by atoms with Gasteiger partial charge in [-0.25, -0.2) is 4.39 Å². The van der Waals surface area contributed by atoms with Gasteiger partial charge in [0, 0.05) is 43.4 Å². The summed E-state index contributed by atoms with van der Waals surface area (Å²) in [5.41, 5.74) is 2.22. The van der Waals surface area contributed by atoms with Crippen molar-refractivity contribution in [1.29, 1.82) is 0 Å². The van der Waals surface area contributed by atoms with Gasteiger partial charge in [-0.15, -0.1) is 0 Å². The minimum atomic E-state index is -0.767. The fourth-order valence-electron chi connectivity index (χ4n) is 4.64. The van der Waals surface area contributed by atoms with Crippen molar-refractivity contribution in [2.75, 3.05) is 20.3 Å². The number of halogens is 1. The van der Waals surface area contributed by atoms with E-state index in [2.05, 4.69) is 16.1 Å². The molecule has 1 aromatic heterocycles. The summed E-state index contributed by atoms with van der Waals surface area (Å²) in [5, 5.41) is 4.32.